The maximum absolute atomic E-state index is 6.22. The molecule has 108 valence electrons. The number of ether oxygens (including phenoxy) is 1. The number of nitrogen functional groups attached to an aromatic ring is 1. The van der Waals surface area contributed by atoms with Gasteiger partial charge in [0.05, 0.1) is 12.8 Å². The predicted octanol–water partition coefficient (Wildman–Crippen LogP) is 3.28. The Hall–Kier alpha value is -1.97. The molecule has 0 atom stereocenters. The Morgan fingerprint density at radius 1 is 1.25 bits per heavy atom. The lowest BCUT2D eigenvalue weighted by atomic mass is 9.87. The van der Waals surface area contributed by atoms with Crippen LogP contribution in [0.1, 0.15) is 32.0 Å². The van der Waals surface area contributed by atoms with Gasteiger partial charge in [-0.1, -0.05) is 32.9 Å². The molecule has 0 amide bonds. The van der Waals surface area contributed by atoms with Crippen LogP contribution in [-0.4, -0.2) is 16.9 Å². The number of hydrogen-bond donors (Lipinski definition) is 1. The Kier molecular flexibility index (Phi) is 3.50. The summed E-state index contributed by atoms with van der Waals surface area (Å²) >= 11 is 0. The lowest BCUT2D eigenvalue weighted by Gasteiger charge is -2.18. The minimum absolute atomic E-state index is 0.0666. The molecular weight excluding hydrogens is 250 g/mol. The molecule has 0 spiro atoms. The number of nitrogens with zero attached hydrogens (tertiary/aromatic N) is 2. The molecule has 0 aliphatic carbocycles. The van der Waals surface area contributed by atoms with Gasteiger partial charge < -0.3 is 10.5 Å². The van der Waals surface area contributed by atoms with E-state index in [1.165, 1.54) is 0 Å². The second-order valence-corrected chi connectivity index (χ2v) is 6.17. The first-order valence-electron chi connectivity index (χ1n) is 6.73. The number of rotatable bonds is 2. The quantitative estimate of drug-likeness (QED) is 0.913. The maximum Gasteiger partial charge on any atom is 0.129 e. The minimum Gasteiger partial charge on any atom is -0.496 e. The van der Waals surface area contributed by atoms with Crippen molar-refractivity contribution in [3.05, 3.63) is 29.5 Å². The molecular formula is C16H23N3O. The first-order chi connectivity index (χ1) is 9.25. The molecule has 0 unspecified atom stereocenters. The maximum atomic E-state index is 6.22. The zero-order valence-electron chi connectivity index (χ0n) is 13.1. The van der Waals surface area contributed by atoms with Crippen molar-refractivity contribution >= 4 is 5.82 Å². The highest BCUT2D eigenvalue weighted by Gasteiger charge is 2.26. The van der Waals surface area contributed by atoms with Gasteiger partial charge in [0.2, 0.25) is 0 Å². The summed E-state index contributed by atoms with van der Waals surface area (Å²) in [5, 5.41) is 4.59. The van der Waals surface area contributed by atoms with Crippen molar-refractivity contribution in [2.24, 2.45) is 7.05 Å². The molecule has 0 saturated heterocycles. The van der Waals surface area contributed by atoms with Crippen molar-refractivity contribution in [1.82, 2.24) is 9.78 Å². The van der Waals surface area contributed by atoms with Crippen LogP contribution >= 0.6 is 0 Å². The van der Waals surface area contributed by atoms with Gasteiger partial charge in [0.1, 0.15) is 11.6 Å². The molecule has 4 nitrogen and oxygen atoms in total. The molecule has 0 fully saturated rings. The average molecular weight is 273 g/mol. The van der Waals surface area contributed by atoms with E-state index in [0.717, 1.165) is 28.1 Å². The standard InChI is InChI=1S/C16H23N3O/c1-10-7-8-11(9-12(10)20-6)13-14(16(2,3)4)18-19(5)15(13)17/h7-9H,17H2,1-6H3. The Labute approximate surface area is 120 Å². The third-order valence-electron chi connectivity index (χ3n) is 3.50. The molecule has 1 heterocycles. The summed E-state index contributed by atoms with van der Waals surface area (Å²) in [5.41, 5.74) is 10.3. The fraction of sp³-hybridized carbons (Fsp3) is 0.438. The molecule has 0 saturated carbocycles. The molecule has 1 aromatic heterocycles. The number of benzene rings is 1. The summed E-state index contributed by atoms with van der Waals surface area (Å²) in [6.45, 7) is 8.46. The highest BCUT2D eigenvalue weighted by Crippen LogP contribution is 2.38. The van der Waals surface area contributed by atoms with Crippen molar-refractivity contribution in [1.29, 1.82) is 0 Å². The SMILES string of the molecule is COc1cc(-c2c(C(C)(C)C)nn(C)c2N)ccc1C. The molecule has 0 radical (unpaired) electrons. The van der Waals surface area contributed by atoms with Crippen LogP contribution in [0, 0.1) is 6.92 Å². The molecule has 0 bridgehead atoms. The number of aryl methyl sites for hydroxylation is 2. The van der Waals surface area contributed by atoms with Crippen LogP contribution < -0.4 is 10.5 Å². The van der Waals surface area contributed by atoms with Crippen LogP contribution in [0.25, 0.3) is 11.1 Å². The summed E-state index contributed by atoms with van der Waals surface area (Å²) in [6, 6.07) is 6.14. The fourth-order valence-corrected chi connectivity index (χ4v) is 2.32. The van der Waals surface area contributed by atoms with Crippen LogP contribution in [0.5, 0.6) is 5.75 Å². The van der Waals surface area contributed by atoms with E-state index in [1.54, 1.807) is 11.8 Å². The zero-order chi connectivity index (χ0) is 15.1. The summed E-state index contributed by atoms with van der Waals surface area (Å²) in [7, 11) is 3.56. The summed E-state index contributed by atoms with van der Waals surface area (Å²) < 4.78 is 7.15. The second-order valence-electron chi connectivity index (χ2n) is 6.17. The average Bonchev–Trinajstić information content (AvgIpc) is 2.67. The van der Waals surface area contributed by atoms with Gasteiger partial charge in [-0.3, -0.25) is 4.68 Å². The molecule has 2 rings (SSSR count). The lowest BCUT2D eigenvalue weighted by Crippen LogP contribution is -2.13. The summed E-state index contributed by atoms with van der Waals surface area (Å²) in [6.07, 6.45) is 0. The number of aromatic nitrogens is 2. The van der Waals surface area contributed by atoms with E-state index in [1.807, 2.05) is 26.1 Å². The third-order valence-corrected chi connectivity index (χ3v) is 3.50. The number of anilines is 1. The van der Waals surface area contributed by atoms with Gasteiger partial charge in [-0.15, -0.1) is 0 Å². The van der Waals surface area contributed by atoms with E-state index in [0.29, 0.717) is 5.82 Å². The van der Waals surface area contributed by atoms with Crippen LogP contribution in [-0.2, 0) is 12.5 Å². The first kappa shape index (κ1) is 14.4. The Balaban J connectivity index is 2.69. The predicted molar refractivity (Wildman–Crippen MR) is 83.0 cm³/mol. The molecule has 20 heavy (non-hydrogen) atoms. The topological polar surface area (TPSA) is 53.1 Å². The highest BCUT2D eigenvalue weighted by molar-refractivity contribution is 5.78. The highest BCUT2D eigenvalue weighted by atomic mass is 16.5. The second kappa shape index (κ2) is 4.85. The smallest absolute Gasteiger partial charge is 0.129 e. The van der Waals surface area contributed by atoms with E-state index in [9.17, 15) is 0 Å². The van der Waals surface area contributed by atoms with E-state index in [-0.39, 0.29) is 5.41 Å². The van der Waals surface area contributed by atoms with Gasteiger partial charge in [0, 0.05) is 18.0 Å². The number of hydrogen-bond acceptors (Lipinski definition) is 3. The molecule has 2 N–H and O–H groups in total. The van der Waals surface area contributed by atoms with Gasteiger partial charge in [-0.05, 0) is 24.1 Å². The van der Waals surface area contributed by atoms with Crippen LogP contribution in [0.4, 0.5) is 5.82 Å². The molecule has 4 heteroatoms. The third kappa shape index (κ3) is 2.38. The first-order valence-corrected chi connectivity index (χ1v) is 6.73. The monoisotopic (exact) mass is 273 g/mol. The minimum atomic E-state index is -0.0666. The molecule has 2 aromatic rings. The van der Waals surface area contributed by atoms with Gasteiger partial charge in [-0.2, -0.15) is 5.10 Å². The van der Waals surface area contributed by atoms with Crippen molar-refractivity contribution in [3.63, 3.8) is 0 Å². The van der Waals surface area contributed by atoms with E-state index < -0.39 is 0 Å². The van der Waals surface area contributed by atoms with Crippen LogP contribution in [0.2, 0.25) is 0 Å². The fourth-order valence-electron chi connectivity index (χ4n) is 2.32. The van der Waals surface area contributed by atoms with Gasteiger partial charge >= 0.3 is 0 Å². The van der Waals surface area contributed by atoms with Crippen molar-refractivity contribution < 1.29 is 4.74 Å². The van der Waals surface area contributed by atoms with Crippen molar-refractivity contribution in [2.75, 3.05) is 12.8 Å². The Bertz CT molecular complexity index is 636. The van der Waals surface area contributed by atoms with Crippen molar-refractivity contribution in [2.45, 2.75) is 33.1 Å². The molecule has 1 aromatic carbocycles. The number of nitrogens with two attached hydrogens (primary N) is 1. The van der Waals surface area contributed by atoms with Gasteiger partial charge in [-0.25, -0.2) is 0 Å². The lowest BCUT2D eigenvalue weighted by molar-refractivity contribution is 0.412. The van der Waals surface area contributed by atoms with Crippen LogP contribution in [0.15, 0.2) is 18.2 Å². The summed E-state index contributed by atoms with van der Waals surface area (Å²) in [4.78, 5) is 0. The Morgan fingerprint density at radius 2 is 1.90 bits per heavy atom. The van der Waals surface area contributed by atoms with Crippen LogP contribution in [0.3, 0.4) is 0 Å². The molecule has 0 aliphatic heterocycles. The van der Waals surface area contributed by atoms with Crippen molar-refractivity contribution in [3.8, 4) is 16.9 Å². The normalized spacial score (nSPS) is 11.7. The van der Waals surface area contributed by atoms with E-state index >= 15 is 0 Å². The zero-order valence-corrected chi connectivity index (χ0v) is 13.1. The molecule has 0 aliphatic rings. The van der Waals surface area contributed by atoms with Gasteiger partial charge in [0.25, 0.3) is 0 Å². The largest absolute Gasteiger partial charge is 0.496 e. The van der Waals surface area contributed by atoms with Gasteiger partial charge in [0.15, 0.2) is 0 Å². The summed E-state index contributed by atoms with van der Waals surface area (Å²) in [5.74, 6) is 1.55. The van der Waals surface area contributed by atoms with E-state index in [4.69, 9.17) is 10.5 Å². The van der Waals surface area contributed by atoms with E-state index in [2.05, 4.69) is 31.9 Å². The number of methoxy groups -OCH3 is 1. The Morgan fingerprint density at radius 3 is 2.45 bits per heavy atom.